The fourth-order valence-electron chi connectivity index (χ4n) is 3.12. The minimum absolute atomic E-state index is 0.0371. The van der Waals surface area contributed by atoms with Gasteiger partial charge >= 0.3 is 0 Å². The topological polar surface area (TPSA) is 47.6 Å². The molecule has 0 saturated heterocycles. The third kappa shape index (κ3) is 5.68. The molecule has 1 amide bonds. The highest BCUT2D eigenvalue weighted by atomic mass is 19.2. The van der Waals surface area contributed by atoms with Crippen molar-refractivity contribution >= 4 is 5.91 Å². The Hall–Kier alpha value is -2.63. The Morgan fingerprint density at radius 2 is 1.71 bits per heavy atom. The van der Waals surface area contributed by atoms with Crippen LogP contribution in [0.25, 0.3) is 0 Å². The number of aryl methyl sites for hydroxylation is 2. The number of carbonyl (C=O) groups is 1. The molecule has 1 aliphatic heterocycles. The van der Waals surface area contributed by atoms with Crippen molar-refractivity contribution in [1.82, 2.24) is 5.32 Å². The summed E-state index contributed by atoms with van der Waals surface area (Å²) in [6.45, 7) is 3.19. The van der Waals surface area contributed by atoms with E-state index in [0.29, 0.717) is 44.5 Å². The van der Waals surface area contributed by atoms with Gasteiger partial charge in [0, 0.05) is 18.9 Å². The van der Waals surface area contributed by atoms with Crippen LogP contribution in [0.2, 0.25) is 0 Å². The smallest absolute Gasteiger partial charge is 0.220 e. The van der Waals surface area contributed by atoms with Crippen LogP contribution in [0.15, 0.2) is 36.4 Å². The highest BCUT2D eigenvalue weighted by Gasteiger charge is 2.13. The molecule has 0 saturated carbocycles. The van der Waals surface area contributed by atoms with Crippen LogP contribution in [0, 0.1) is 11.6 Å². The summed E-state index contributed by atoms with van der Waals surface area (Å²) < 4.78 is 37.5. The number of hydrogen-bond acceptors (Lipinski definition) is 3. The molecule has 0 aliphatic carbocycles. The largest absolute Gasteiger partial charge is 0.490 e. The van der Waals surface area contributed by atoms with Crippen LogP contribution in [0.4, 0.5) is 8.78 Å². The van der Waals surface area contributed by atoms with Gasteiger partial charge in [-0.2, -0.15) is 0 Å². The molecule has 0 fully saturated rings. The summed E-state index contributed by atoms with van der Waals surface area (Å²) in [5.41, 5.74) is 1.74. The van der Waals surface area contributed by atoms with Crippen LogP contribution in [-0.2, 0) is 17.6 Å². The summed E-state index contributed by atoms with van der Waals surface area (Å²) in [5, 5.41) is 2.96. The maximum atomic E-state index is 13.2. The number of benzene rings is 2. The molecule has 1 heterocycles. The number of rotatable bonds is 7. The molecule has 4 nitrogen and oxygen atoms in total. The second-order valence-electron chi connectivity index (χ2n) is 7.09. The Morgan fingerprint density at radius 1 is 1.00 bits per heavy atom. The predicted octanol–water partition coefficient (Wildman–Crippen LogP) is 4.20. The fourth-order valence-corrected chi connectivity index (χ4v) is 3.12. The molecule has 1 N–H and O–H groups in total. The molecule has 0 radical (unpaired) electrons. The van der Waals surface area contributed by atoms with E-state index in [1.165, 1.54) is 6.07 Å². The maximum Gasteiger partial charge on any atom is 0.220 e. The van der Waals surface area contributed by atoms with Crippen molar-refractivity contribution in [2.45, 2.75) is 45.1 Å². The molecule has 2 aromatic carbocycles. The number of fused-ring (bicyclic) bond motifs is 1. The Balaban J connectivity index is 1.43. The summed E-state index contributed by atoms with van der Waals surface area (Å²) in [4.78, 5) is 12.2. The highest BCUT2D eigenvalue weighted by Crippen LogP contribution is 2.30. The van der Waals surface area contributed by atoms with Crippen LogP contribution in [0.5, 0.6) is 11.5 Å². The average molecular weight is 389 g/mol. The van der Waals surface area contributed by atoms with Crippen molar-refractivity contribution < 1.29 is 23.0 Å². The molecule has 28 heavy (non-hydrogen) atoms. The van der Waals surface area contributed by atoms with Crippen molar-refractivity contribution in [3.63, 3.8) is 0 Å². The molecule has 3 rings (SSSR count). The molecule has 0 spiro atoms. The lowest BCUT2D eigenvalue weighted by Gasteiger charge is -2.14. The molecule has 150 valence electrons. The highest BCUT2D eigenvalue weighted by molar-refractivity contribution is 5.76. The Bertz CT molecular complexity index is 825. The van der Waals surface area contributed by atoms with Gasteiger partial charge in [-0.15, -0.1) is 0 Å². The lowest BCUT2D eigenvalue weighted by molar-refractivity contribution is -0.121. The van der Waals surface area contributed by atoms with E-state index in [2.05, 4.69) is 5.32 Å². The molecule has 0 aromatic heterocycles. The first-order valence-corrected chi connectivity index (χ1v) is 9.63. The summed E-state index contributed by atoms with van der Waals surface area (Å²) in [7, 11) is 0. The van der Waals surface area contributed by atoms with Gasteiger partial charge in [-0.05, 0) is 61.6 Å². The zero-order valence-electron chi connectivity index (χ0n) is 16.0. The second kappa shape index (κ2) is 9.53. The molecule has 6 heteroatoms. The Labute approximate surface area is 163 Å². The standard InChI is InChI=1S/C22H25F2NO3/c1-15(3-4-16-5-8-18(23)19(24)13-16)25-22(26)10-7-17-6-9-20-21(14-17)28-12-2-11-27-20/h5-6,8-9,13-15H,2-4,7,10-12H2,1H3,(H,25,26). The van der Waals surface area contributed by atoms with Crippen LogP contribution < -0.4 is 14.8 Å². The van der Waals surface area contributed by atoms with Crippen LogP contribution in [-0.4, -0.2) is 25.2 Å². The van der Waals surface area contributed by atoms with E-state index in [-0.39, 0.29) is 11.9 Å². The molecule has 2 aromatic rings. The third-order valence-electron chi connectivity index (χ3n) is 4.71. The monoisotopic (exact) mass is 389 g/mol. The van der Waals surface area contributed by atoms with Gasteiger partial charge in [-0.3, -0.25) is 4.79 Å². The van der Waals surface area contributed by atoms with E-state index < -0.39 is 11.6 Å². The Kier molecular flexibility index (Phi) is 6.85. The lowest BCUT2D eigenvalue weighted by atomic mass is 10.1. The zero-order valence-corrected chi connectivity index (χ0v) is 16.0. The van der Waals surface area contributed by atoms with Gasteiger partial charge in [0.25, 0.3) is 0 Å². The first-order valence-electron chi connectivity index (χ1n) is 9.63. The van der Waals surface area contributed by atoms with Crippen LogP contribution in [0.3, 0.4) is 0 Å². The van der Waals surface area contributed by atoms with Crippen molar-refractivity contribution in [2.75, 3.05) is 13.2 Å². The summed E-state index contributed by atoms with van der Waals surface area (Å²) in [6.07, 6.45) is 3.06. The van der Waals surface area contributed by atoms with Crippen molar-refractivity contribution in [3.8, 4) is 11.5 Å². The summed E-state index contributed by atoms with van der Waals surface area (Å²) >= 11 is 0. The number of amides is 1. The SMILES string of the molecule is CC(CCc1ccc(F)c(F)c1)NC(=O)CCc1ccc2c(c1)OCCCO2. The van der Waals surface area contributed by atoms with Gasteiger partial charge in [-0.25, -0.2) is 8.78 Å². The molecule has 1 atom stereocenters. The number of carbonyl (C=O) groups excluding carboxylic acids is 1. The normalized spacial score (nSPS) is 14.2. The van der Waals surface area contributed by atoms with E-state index >= 15 is 0 Å². The van der Waals surface area contributed by atoms with Crippen molar-refractivity contribution in [1.29, 1.82) is 0 Å². The first-order chi connectivity index (χ1) is 13.5. The molecular formula is C22H25F2NO3. The van der Waals surface area contributed by atoms with Gasteiger partial charge in [0.2, 0.25) is 5.91 Å². The quantitative estimate of drug-likeness (QED) is 0.772. The molecule has 1 unspecified atom stereocenters. The number of halogens is 2. The molecular weight excluding hydrogens is 364 g/mol. The Morgan fingerprint density at radius 3 is 2.50 bits per heavy atom. The molecule has 0 bridgehead atoms. The van der Waals surface area contributed by atoms with Crippen LogP contribution in [0.1, 0.15) is 37.3 Å². The number of nitrogens with one attached hydrogen (secondary N) is 1. The van der Waals surface area contributed by atoms with Crippen molar-refractivity contribution in [3.05, 3.63) is 59.2 Å². The minimum atomic E-state index is -0.847. The van der Waals surface area contributed by atoms with E-state index in [9.17, 15) is 13.6 Å². The van der Waals surface area contributed by atoms with Gasteiger partial charge < -0.3 is 14.8 Å². The van der Waals surface area contributed by atoms with Gasteiger partial charge in [0.05, 0.1) is 13.2 Å². The van der Waals surface area contributed by atoms with E-state index in [4.69, 9.17) is 9.47 Å². The lowest BCUT2D eigenvalue weighted by Crippen LogP contribution is -2.33. The van der Waals surface area contributed by atoms with Crippen LogP contribution >= 0.6 is 0 Å². The van der Waals surface area contributed by atoms with Gasteiger partial charge in [-0.1, -0.05) is 12.1 Å². The summed E-state index contributed by atoms with van der Waals surface area (Å²) in [5.74, 6) is -0.249. The van der Waals surface area contributed by atoms with Gasteiger partial charge in [0.1, 0.15) is 0 Å². The second-order valence-corrected chi connectivity index (χ2v) is 7.09. The van der Waals surface area contributed by atoms with E-state index in [1.807, 2.05) is 25.1 Å². The first kappa shape index (κ1) is 20.1. The maximum absolute atomic E-state index is 13.2. The van der Waals surface area contributed by atoms with Gasteiger partial charge in [0.15, 0.2) is 23.1 Å². The minimum Gasteiger partial charge on any atom is -0.490 e. The van der Waals surface area contributed by atoms with Crippen molar-refractivity contribution in [2.24, 2.45) is 0 Å². The summed E-state index contributed by atoms with van der Waals surface area (Å²) in [6, 6.07) is 9.62. The third-order valence-corrected chi connectivity index (χ3v) is 4.71. The predicted molar refractivity (Wildman–Crippen MR) is 103 cm³/mol. The van der Waals surface area contributed by atoms with E-state index in [1.54, 1.807) is 6.07 Å². The number of ether oxygens (including phenoxy) is 2. The average Bonchev–Trinajstić information content (AvgIpc) is 2.92. The zero-order chi connectivity index (χ0) is 19.9. The fraction of sp³-hybridized carbons (Fsp3) is 0.409. The molecule has 1 aliphatic rings. The van der Waals surface area contributed by atoms with E-state index in [0.717, 1.165) is 29.5 Å². The number of hydrogen-bond donors (Lipinski definition) is 1.